The SMILES string of the molecule is [B].[SiH4].c1ccccc1. The van der Waals surface area contributed by atoms with E-state index in [0.717, 1.165) is 0 Å². The summed E-state index contributed by atoms with van der Waals surface area (Å²) in [6, 6.07) is 12.0. The molecule has 0 spiro atoms. The Balaban J connectivity index is 0. The smallest absolute Gasteiger partial charge is 0 e. The molecular formula is C6H10BSi. The third-order valence-corrected chi connectivity index (χ3v) is 0.667. The summed E-state index contributed by atoms with van der Waals surface area (Å²) in [5.41, 5.74) is 0. The summed E-state index contributed by atoms with van der Waals surface area (Å²) >= 11 is 0. The van der Waals surface area contributed by atoms with Gasteiger partial charge in [0.25, 0.3) is 0 Å². The molecule has 0 N–H and O–H groups in total. The first-order chi connectivity index (χ1) is 3.00. The van der Waals surface area contributed by atoms with Crippen molar-refractivity contribution in [3.05, 3.63) is 36.4 Å². The Bertz CT molecular complexity index is 80.5. The number of hydrogen-bond acceptors (Lipinski definition) is 0. The summed E-state index contributed by atoms with van der Waals surface area (Å²) in [6.45, 7) is 0. The van der Waals surface area contributed by atoms with Gasteiger partial charge in [0.1, 0.15) is 0 Å². The monoisotopic (exact) mass is 121 g/mol. The van der Waals surface area contributed by atoms with Crippen molar-refractivity contribution in [2.75, 3.05) is 0 Å². The molecular weight excluding hydrogens is 111 g/mol. The average molecular weight is 121 g/mol. The molecule has 0 nitrogen and oxygen atoms in total. The first kappa shape index (κ1) is 10.5. The summed E-state index contributed by atoms with van der Waals surface area (Å²) in [6.07, 6.45) is 0. The van der Waals surface area contributed by atoms with E-state index in [-0.39, 0.29) is 19.4 Å². The highest BCUT2D eigenvalue weighted by Gasteiger charge is 1.57. The second-order valence-corrected chi connectivity index (χ2v) is 1.15. The van der Waals surface area contributed by atoms with E-state index >= 15 is 0 Å². The van der Waals surface area contributed by atoms with Crippen LogP contribution in [0.25, 0.3) is 0 Å². The second kappa shape index (κ2) is 6.50. The van der Waals surface area contributed by atoms with Crippen LogP contribution in [0.3, 0.4) is 0 Å². The van der Waals surface area contributed by atoms with Crippen molar-refractivity contribution in [1.82, 2.24) is 0 Å². The van der Waals surface area contributed by atoms with Gasteiger partial charge in [-0.1, -0.05) is 36.4 Å². The second-order valence-electron chi connectivity index (χ2n) is 1.15. The van der Waals surface area contributed by atoms with Gasteiger partial charge in [-0.15, -0.1) is 0 Å². The maximum Gasteiger partial charge on any atom is 0 e. The predicted octanol–water partition coefficient (Wildman–Crippen LogP) is -0.146. The van der Waals surface area contributed by atoms with E-state index in [4.69, 9.17) is 0 Å². The summed E-state index contributed by atoms with van der Waals surface area (Å²) in [5.74, 6) is 0. The van der Waals surface area contributed by atoms with Crippen LogP contribution in [0, 0.1) is 0 Å². The molecule has 0 atom stereocenters. The fraction of sp³-hybridized carbons (Fsp3) is 0. The van der Waals surface area contributed by atoms with Gasteiger partial charge in [-0.3, -0.25) is 0 Å². The van der Waals surface area contributed by atoms with Crippen LogP contribution in [-0.4, -0.2) is 19.4 Å². The lowest BCUT2D eigenvalue weighted by Crippen LogP contribution is -1.47. The Hall–Kier alpha value is -0.498. The van der Waals surface area contributed by atoms with Gasteiger partial charge in [0.2, 0.25) is 0 Å². The van der Waals surface area contributed by atoms with Crippen molar-refractivity contribution in [3.8, 4) is 0 Å². The minimum Gasteiger partial charge on any atom is -0.0623 e. The zero-order valence-electron chi connectivity index (χ0n) is 4.04. The van der Waals surface area contributed by atoms with Crippen LogP contribution >= 0.6 is 0 Å². The van der Waals surface area contributed by atoms with E-state index in [1.807, 2.05) is 36.4 Å². The summed E-state index contributed by atoms with van der Waals surface area (Å²) < 4.78 is 0. The van der Waals surface area contributed by atoms with Crippen LogP contribution in [0.15, 0.2) is 36.4 Å². The molecule has 8 heavy (non-hydrogen) atoms. The highest BCUT2D eigenvalue weighted by Crippen LogP contribution is 1.79. The topological polar surface area (TPSA) is 0 Å². The van der Waals surface area contributed by atoms with Gasteiger partial charge >= 0.3 is 0 Å². The van der Waals surface area contributed by atoms with Gasteiger partial charge in [0.05, 0.1) is 0 Å². The quantitative estimate of drug-likeness (QED) is 0.419. The molecule has 0 aliphatic carbocycles. The minimum absolute atomic E-state index is 0. The zero-order chi connectivity index (χ0) is 4.24. The lowest BCUT2D eigenvalue weighted by atomic mass is 10.4. The molecule has 1 aromatic carbocycles. The summed E-state index contributed by atoms with van der Waals surface area (Å²) in [5, 5.41) is 0. The van der Waals surface area contributed by atoms with Crippen molar-refractivity contribution in [3.63, 3.8) is 0 Å². The van der Waals surface area contributed by atoms with E-state index in [0.29, 0.717) is 0 Å². The van der Waals surface area contributed by atoms with E-state index in [2.05, 4.69) is 0 Å². The van der Waals surface area contributed by atoms with E-state index in [1.165, 1.54) is 0 Å². The zero-order valence-corrected chi connectivity index (χ0v) is 4.04. The molecule has 1 aromatic rings. The van der Waals surface area contributed by atoms with Gasteiger partial charge in [-0.05, 0) is 11.0 Å². The van der Waals surface area contributed by atoms with Crippen LogP contribution in [0.5, 0.6) is 0 Å². The first-order valence-corrected chi connectivity index (χ1v) is 2.00. The third kappa shape index (κ3) is 3.68. The molecule has 0 saturated carbocycles. The van der Waals surface area contributed by atoms with Crippen molar-refractivity contribution in [1.29, 1.82) is 0 Å². The van der Waals surface area contributed by atoms with E-state index in [9.17, 15) is 0 Å². The van der Waals surface area contributed by atoms with Crippen molar-refractivity contribution < 1.29 is 0 Å². The fourth-order valence-electron chi connectivity index (χ4n) is 0.385. The molecule has 41 valence electrons. The van der Waals surface area contributed by atoms with Crippen LogP contribution in [0.4, 0.5) is 0 Å². The maximum atomic E-state index is 2.00. The van der Waals surface area contributed by atoms with E-state index in [1.54, 1.807) is 0 Å². The molecule has 0 aromatic heterocycles. The number of benzene rings is 1. The largest absolute Gasteiger partial charge is 0.0623 e. The number of hydrogen-bond donors (Lipinski definition) is 0. The van der Waals surface area contributed by atoms with Crippen LogP contribution in [-0.2, 0) is 0 Å². The summed E-state index contributed by atoms with van der Waals surface area (Å²) in [7, 11) is 0. The Kier molecular flexibility index (Phi) is 8.51. The van der Waals surface area contributed by atoms with Crippen molar-refractivity contribution >= 4 is 19.4 Å². The van der Waals surface area contributed by atoms with Gasteiger partial charge in [-0.2, -0.15) is 0 Å². The lowest BCUT2D eigenvalue weighted by molar-refractivity contribution is 1.72. The van der Waals surface area contributed by atoms with Gasteiger partial charge in [0.15, 0.2) is 0 Å². The highest BCUT2D eigenvalue weighted by molar-refractivity contribution is 5.76. The molecule has 0 unspecified atom stereocenters. The fourth-order valence-corrected chi connectivity index (χ4v) is 0.385. The van der Waals surface area contributed by atoms with Gasteiger partial charge < -0.3 is 0 Å². The normalized spacial score (nSPS) is 6.00. The molecule has 1 rings (SSSR count). The van der Waals surface area contributed by atoms with Gasteiger partial charge in [0, 0.05) is 8.41 Å². The molecule has 0 aliphatic heterocycles. The van der Waals surface area contributed by atoms with Crippen molar-refractivity contribution in [2.45, 2.75) is 0 Å². The average Bonchev–Trinajstić information content (AvgIpc) is 1.72. The molecule has 0 aliphatic rings. The molecule has 0 saturated heterocycles. The molecule has 3 radical (unpaired) electrons. The van der Waals surface area contributed by atoms with Crippen molar-refractivity contribution in [2.24, 2.45) is 0 Å². The Morgan fingerprint density at radius 3 is 0.750 bits per heavy atom. The molecule has 0 amide bonds. The highest BCUT2D eigenvalue weighted by atomic mass is 28.1. The Morgan fingerprint density at radius 1 is 0.500 bits per heavy atom. The predicted molar refractivity (Wildman–Crippen MR) is 43.5 cm³/mol. The van der Waals surface area contributed by atoms with Crippen LogP contribution in [0.1, 0.15) is 0 Å². The van der Waals surface area contributed by atoms with Crippen LogP contribution < -0.4 is 0 Å². The first-order valence-electron chi connectivity index (χ1n) is 2.00. The van der Waals surface area contributed by atoms with Crippen LogP contribution in [0.2, 0.25) is 0 Å². The summed E-state index contributed by atoms with van der Waals surface area (Å²) in [4.78, 5) is 0. The standard InChI is InChI=1S/C6H6.B.H4Si/c1-2-4-6-5-3-1;;/h1-6H;;1H4. The maximum absolute atomic E-state index is 2.00. The van der Waals surface area contributed by atoms with Gasteiger partial charge in [-0.25, -0.2) is 0 Å². The molecule has 0 bridgehead atoms. The molecule has 0 fully saturated rings. The molecule has 2 heteroatoms. The molecule has 0 heterocycles. The third-order valence-electron chi connectivity index (χ3n) is 0.667. The minimum atomic E-state index is 0. The van der Waals surface area contributed by atoms with E-state index < -0.39 is 0 Å². The number of rotatable bonds is 0. The Labute approximate surface area is 56.5 Å². The Morgan fingerprint density at radius 2 is 0.625 bits per heavy atom. The lowest BCUT2D eigenvalue weighted by Gasteiger charge is -1.69.